The van der Waals surface area contributed by atoms with Crippen molar-refractivity contribution in [2.24, 2.45) is 0 Å². The number of carbonyl (C=O) groups is 1. The predicted molar refractivity (Wildman–Crippen MR) is 66.8 cm³/mol. The van der Waals surface area contributed by atoms with E-state index in [1.165, 1.54) is 0 Å². The Kier molecular flexibility index (Phi) is 3.23. The minimum atomic E-state index is -0.296. The number of amides is 1. The molecule has 0 radical (unpaired) electrons. The largest absolute Gasteiger partial charge is 0.314 e. The summed E-state index contributed by atoms with van der Waals surface area (Å²) in [5.74, 6) is 0.0138. The normalized spacial score (nSPS) is 12.1. The van der Waals surface area contributed by atoms with E-state index < -0.39 is 0 Å². The molecule has 0 aliphatic rings. The fourth-order valence-corrected chi connectivity index (χ4v) is 1.68. The first-order chi connectivity index (χ1) is 8.20. The van der Waals surface area contributed by atoms with Crippen LogP contribution in [0.2, 0.25) is 0 Å². The van der Waals surface area contributed by atoms with Crippen LogP contribution in [-0.4, -0.2) is 22.7 Å². The van der Waals surface area contributed by atoms with E-state index in [4.69, 9.17) is 0 Å². The summed E-state index contributed by atoms with van der Waals surface area (Å²) < 4.78 is 1.65. The number of carbonyl (C=O) groups excluding carboxylic acids is 1. The Morgan fingerprint density at radius 3 is 2.59 bits per heavy atom. The van der Waals surface area contributed by atoms with E-state index in [2.05, 4.69) is 5.10 Å². The van der Waals surface area contributed by atoms with E-state index in [0.29, 0.717) is 0 Å². The molecule has 0 aliphatic heterocycles. The molecule has 1 heterocycles. The van der Waals surface area contributed by atoms with Crippen LogP contribution in [0.25, 0.3) is 0 Å². The Morgan fingerprint density at radius 2 is 2.00 bits per heavy atom. The van der Waals surface area contributed by atoms with Crippen molar-refractivity contribution in [1.82, 2.24) is 9.78 Å². The van der Waals surface area contributed by atoms with Gasteiger partial charge in [0.1, 0.15) is 6.04 Å². The van der Waals surface area contributed by atoms with Gasteiger partial charge in [-0.1, -0.05) is 18.2 Å². The number of hydrogen-bond donors (Lipinski definition) is 0. The molecular weight excluding hydrogens is 214 g/mol. The molecule has 0 fully saturated rings. The standard InChI is InChI=1S/C13H15N3O/c1-11(16-10-6-9-14-16)13(17)15(2)12-7-4-3-5-8-12/h3-11H,1-2H3. The summed E-state index contributed by atoms with van der Waals surface area (Å²) >= 11 is 0. The smallest absolute Gasteiger partial charge is 0.251 e. The maximum Gasteiger partial charge on any atom is 0.251 e. The molecule has 0 bridgehead atoms. The van der Waals surface area contributed by atoms with Crippen molar-refractivity contribution in [3.8, 4) is 0 Å². The zero-order valence-corrected chi connectivity index (χ0v) is 9.95. The Morgan fingerprint density at radius 1 is 1.29 bits per heavy atom. The molecular formula is C13H15N3O. The number of rotatable bonds is 3. The quantitative estimate of drug-likeness (QED) is 0.808. The average molecular weight is 229 g/mol. The van der Waals surface area contributed by atoms with Gasteiger partial charge in [0, 0.05) is 25.1 Å². The highest BCUT2D eigenvalue weighted by Gasteiger charge is 2.19. The van der Waals surface area contributed by atoms with Crippen LogP contribution in [0.5, 0.6) is 0 Å². The Balaban J connectivity index is 2.16. The summed E-state index contributed by atoms with van der Waals surface area (Å²) in [4.78, 5) is 13.9. The highest BCUT2D eigenvalue weighted by molar-refractivity contribution is 5.95. The molecule has 1 atom stereocenters. The SMILES string of the molecule is CC(C(=O)N(C)c1ccccc1)n1cccn1. The fraction of sp³-hybridized carbons (Fsp3) is 0.231. The molecule has 1 aromatic heterocycles. The summed E-state index contributed by atoms with van der Waals surface area (Å²) in [6.07, 6.45) is 3.47. The second-order valence-electron chi connectivity index (χ2n) is 3.89. The molecule has 0 saturated carbocycles. The molecule has 1 amide bonds. The van der Waals surface area contributed by atoms with E-state index in [1.807, 2.05) is 43.3 Å². The molecule has 0 spiro atoms. The third-order valence-corrected chi connectivity index (χ3v) is 2.75. The van der Waals surface area contributed by atoms with Crippen molar-refractivity contribution in [2.45, 2.75) is 13.0 Å². The number of aromatic nitrogens is 2. The zero-order chi connectivity index (χ0) is 12.3. The number of hydrogen-bond acceptors (Lipinski definition) is 2. The lowest BCUT2D eigenvalue weighted by Crippen LogP contribution is -2.33. The van der Waals surface area contributed by atoms with E-state index in [9.17, 15) is 4.79 Å². The summed E-state index contributed by atoms with van der Waals surface area (Å²) in [7, 11) is 1.78. The van der Waals surface area contributed by atoms with Gasteiger partial charge in [0.25, 0.3) is 5.91 Å². The summed E-state index contributed by atoms with van der Waals surface area (Å²) in [6, 6.07) is 11.1. The van der Waals surface area contributed by atoms with Crippen LogP contribution in [0.15, 0.2) is 48.8 Å². The number of para-hydroxylation sites is 1. The van der Waals surface area contributed by atoms with E-state index >= 15 is 0 Å². The minimum Gasteiger partial charge on any atom is -0.314 e. The Hall–Kier alpha value is -2.10. The number of benzene rings is 1. The van der Waals surface area contributed by atoms with Gasteiger partial charge in [-0.05, 0) is 25.1 Å². The first kappa shape index (κ1) is 11.4. The summed E-state index contributed by atoms with van der Waals surface area (Å²) in [5, 5.41) is 4.08. The molecule has 0 saturated heterocycles. The van der Waals surface area contributed by atoms with Gasteiger partial charge < -0.3 is 4.90 Å². The molecule has 17 heavy (non-hydrogen) atoms. The van der Waals surface area contributed by atoms with Crippen molar-refractivity contribution >= 4 is 11.6 Å². The molecule has 4 nitrogen and oxygen atoms in total. The summed E-state index contributed by atoms with van der Waals surface area (Å²) in [6.45, 7) is 1.84. The third kappa shape index (κ3) is 2.36. The molecule has 88 valence electrons. The lowest BCUT2D eigenvalue weighted by Gasteiger charge is -2.21. The Bertz CT molecular complexity index is 479. The fourth-order valence-electron chi connectivity index (χ4n) is 1.68. The van der Waals surface area contributed by atoms with E-state index in [0.717, 1.165) is 5.69 Å². The first-order valence-electron chi connectivity index (χ1n) is 5.52. The van der Waals surface area contributed by atoms with Gasteiger partial charge in [0.2, 0.25) is 0 Å². The third-order valence-electron chi connectivity index (χ3n) is 2.75. The van der Waals surface area contributed by atoms with Gasteiger partial charge in [-0.25, -0.2) is 0 Å². The molecule has 0 N–H and O–H groups in total. The summed E-state index contributed by atoms with van der Waals surface area (Å²) in [5.41, 5.74) is 0.886. The lowest BCUT2D eigenvalue weighted by atomic mass is 10.2. The first-order valence-corrected chi connectivity index (χ1v) is 5.52. The maximum atomic E-state index is 12.2. The topological polar surface area (TPSA) is 38.1 Å². The van der Waals surface area contributed by atoms with E-state index in [-0.39, 0.29) is 11.9 Å². The van der Waals surface area contributed by atoms with Crippen molar-refractivity contribution in [3.63, 3.8) is 0 Å². The van der Waals surface area contributed by atoms with Gasteiger partial charge in [-0.15, -0.1) is 0 Å². The number of nitrogens with zero attached hydrogens (tertiary/aromatic N) is 3. The van der Waals surface area contributed by atoms with Crippen molar-refractivity contribution in [1.29, 1.82) is 0 Å². The van der Waals surface area contributed by atoms with Crippen LogP contribution < -0.4 is 4.90 Å². The Labute approximate surface area is 100 Å². The monoisotopic (exact) mass is 229 g/mol. The highest BCUT2D eigenvalue weighted by Crippen LogP contribution is 2.16. The van der Waals surface area contributed by atoms with Gasteiger partial charge in [-0.2, -0.15) is 5.10 Å². The van der Waals surface area contributed by atoms with Crippen LogP contribution in [0.4, 0.5) is 5.69 Å². The lowest BCUT2D eigenvalue weighted by molar-refractivity contribution is -0.121. The van der Waals surface area contributed by atoms with Crippen molar-refractivity contribution < 1.29 is 4.79 Å². The average Bonchev–Trinajstić information content (AvgIpc) is 2.91. The molecule has 2 rings (SSSR count). The van der Waals surface area contributed by atoms with Gasteiger partial charge in [0.15, 0.2) is 0 Å². The number of likely N-dealkylation sites (N-methyl/N-ethyl adjacent to an activating group) is 1. The van der Waals surface area contributed by atoms with Crippen LogP contribution in [-0.2, 0) is 4.79 Å². The maximum absolute atomic E-state index is 12.2. The van der Waals surface area contributed by atoms with Gasteiger partial charge >= 0.3 is 0 Å². The highest BCUT2D eigenvalue weighted by atomic mass is 16.2. The van der Waals surface area contributed by atoms with Crippen molar-refractivity contribution in [3.05, 3.63) is 48.8 Å². The molecule has 2 aromatic rings. The molecule has 4 heteroatoms. The second kappa shape index (κ2) is 4.82. The molecule has 1 unspecified atom stereocenters. The van der Waals surface area contributed by atoms with Crippen LogP contribution in [0.1, 0.15) is 13.0 Å². The second-order valence-corrected chi connectivity index (χ2v) is 3.89. The molecule has 1 aromatic carbocycles. The van der Waals surface area contributed by atoms with E-state index in [1.54, 1.807) is 29.0 Å². The van der Waals surface area contributed by atoms with Gasteiger partial charge in [0.05, 0.1) is 0 Å². The zero-order valence-electron chi connectivity index (χ0n) is 9.95. The van der Waals surface area contributed by atoms with Crippen LogP contribution in [0, 0.1) is 0 Å². The van der Waals surface area contributed by atoms with Gasteiger partial charge in [-0.3, -0.25) is 9.48 Å². The molecule has 0 aliphatic carbocycles. The van der Waals surface area contributed by atoms with Crippen LogP contribution in [0.3, 0.4) is 0 Å². The minimum absolute atomic E-state index is 0.0138. The number of anilines is 1. The van der Waals surface area contributed by atoms with Crippen molar-refractivity contribution in [2.75, 3.05) is 11.9 Å². The van der Waals surface area contributed by atoms with Crippen LogP contribution >= 0.6 is 0 Å². The predicted octanol–water partition coefficient (Wildman–Crippen LogP) is 2.11.